The van der Waals surface area contributed by atoms with Crippen molar-refractivity contribution in [1.29, 1.82) is 0 Å². The molecule has 1 atom stereocenters. The van der Waals surface area contributed by atoms with Gasteiger partial charge in [0.15, 0.2) is 0 Å². The Kier molecular flexibility index (Phi) is 3.60. The third-order valence-electron chi connectivity index (χ3n) is 3.23. The first-order valence-electron chi connectivity index (χ1n) is 6.58. The number of amides is 2. The Labute approximate surface area is 109 Å². The minimum absolute atomic E-state index is 0.0564. The maximum Gasteiger partial charge on any atom is 0.317 e. The van der Waals surface area contributed by atoms with E-state index in [1.807, 2.05) is 31.7 Å². The van der Waals surface area contributed by atoms with Crippen LogP contribution < -0.4 is 5.32 Å². The summed E-state index contributed by atoms with van der Waals surface area (Å²) in [6.45, 7) is 7.70. The van der Waals surface area contributed by atoms with Gasteiger partial charge in [0.2, 0.25) is 0 Å². The molecule has 1 aromatic rings. The molecule has 0 radical (unpaired) electrons. The molecule has 3 nitrogen and oxygen atoms in total. The third-order valence-corrected chi connectivity index (χ3v) is 3.23. The molecule has 1 heterocycles. The van der Waals surface area contributed by atoms with Gasteiger partial charge in [-0.05, 0) is 32.8 Å². The summed E-state index contributed by atoms with van der Waals surface area (Å²) in [5, 5.41) is 3.02. The van der Waals surface area contributed by atoms with Crippen molar-refractivity contribution in [2.45, 2.75) is 38.6 Å². The monoisotopic (exact) mass is 246 g/mol. The fraction of sp³-hybridized carbons (Fsp3) is 0.533. The topological polar surface area (TPSA) is 32.3 Å². The molecular formula is C15H22N2O. The number of benzene rings is 1. The van der Waals surface area contributed by atoms with Gasteiger partial charge in [0.05, 0.1) is 0 Å². The molecule has 0 aromatic heterocycles. The molecule has 1 fully saturated rings. The van der Waals surface area contributed by atoms with E-state index in [2.05, 4.69) is 29.6 Å². The molecule has 0 unspecified atom stereocenters. The quantitative estimate of drug-likeness (QED) is 0.811. The Morgan fingerprint density at radius 2 is 1.94 bits per heavy atom. The van der Waals surface area contributed by atoms with Crippen LogP contribution in [0.15, 0.2) is 30.3 Å². The van der Waals surface area contributed by atoms with E-state index in [1.165, 1.54) is 5.56 Å². The molecule has 1 N–H and O–H groups in total. The fourth-order valence-corrected chi connectivity index (χ4v) is 2.34. The molecule has 18 heavy (non-hydrogen) atoms. The van der Waals surface area contributed by atoms with Crippen LogP contribution in [0.25, 0.3) is 0 Å². The number of likely N-dealkylation sites (tertiary alicyclic amines) is 1. The van der Waals surface area contributed by atoms with Gasteiger partial charge in [0, 0.05) is 24.5 Å². The number of nitrogens with one attached hydrogen (secondary N) is 1. The first-order valence-corrected chi connectivity index (χ1v) is 6.58. The predicted molar refractivity (Wildman–Crippen MR) is 73.7 cm³/mol. The Balaban J connectivity index is 1.95. The van der Waals surface area contributed by atoms with Crippen LogP contribution in [-0.4, -0.2) is 29.6 Å². The third kappa shape index (κ3) is 3.25. The van der Waals surface area contributed by atoms with Gasteiger partial charge in [-0.25, -0.2) is 4.79 Å². The summed E-state index contributed by atoms with van der Waals surface area (Å²) in [6, 6.07) is 10.5. The highest BCUT2D eigenvalue weighted by Crippen LogP contribution is 2.26. The largest absolute Gasteiger partial charge is 0.333 e. The minimum Gasteiger partial charge on any atom is -0.333 e. The Morgan fingerprint density at radius 3 is 2.56 bits per heavy atom. The summed E-state index contributed by atoms with van der Waals surface area (Å²) >= 11 is 0. The molecule has 1 aliphatic rings. The second kappa shape index (κ2) is 5.01. The molecule has 1 aromatic carbocycles. The molecule has 0 spiro atoms. The molecule has 1 saturated heterocycles. The van der Waals surface area contributed by atoms with E-state index in [1.54, 1.807) is 0 Å². The van der Waals surface area contributed by atoms with Crippen LogP contribution in [0.5, 0.6) is 0 Å². The smallest absolute Gasteiger partial charge is 0.317 e. The SMILES string of the molecule is CC(C)(C)NC(=O)N1CC[C@@H](c2ccccc2)C1. The normalized spacial score (nSPS) is 19.9. The molecule has 98 valence electrons. The Hall–Kier alpha value is -1.51. The number of carbonyl (C=O) groups excluding carboxylic acids is 1. The zero-order chi connectivity index (χ0) is 13.2. The van der Waals surface area contributed by atoms with Crippen molar-refractivity contribution in [2.75, 3.05) is 13.1 Å². The number of urea groups is 1. The lowest BCUT2D eigenvalue weighted by molar-refractivity contribution is 0.199. The number of carbonyl (C=O) groups is 1. The van der Waals surface area contributed by atoms with E-state index in [0.29, 0.717) is 5.92 Å². The van der Waals surface area contributed by atoms with Gasteiger partial charge in [-0.15, -0.1) is 0 Å². The highest BCUT2D eigenvalue weighted by Gasteiger charge is 2.28. The van der Waals surface area contributed by atoms with Crippen LogP contribution in [0.2, 0.25) is 0 Å². The molecule has 1 aliphatic heterocycles. The molecule has 0 saturated carbocycles. The van der Waals surface area contributed by atoms with Gasteiger partial charge in [-0.3, -0.25) is 0 Å². The average Bonchev–Trinajstić information content (AvgIpc) is 2.77. The first kappa shape index (κ1) is 12.9. The van der Waals surface area contributed by atoms with Crippen molar-refractivity contribution >= 4 is 6.03 Å². The molecule has 0 aliphatic carbocycles. The summed E-state index contributed by atoms with van der Waals surface area (Å²) in [5.41, 5.74) is 1.17. The maximum absolute atomic E-state index is 12.1. The van der Waals surface area contributed by atoms with Crippen molar-refractivity contribution in [2.24, 2.45) is 0 Å². The van der Waals surface area contributed by atoms with Crippen molar-refractivity contribution in [1.82, 2.24) is 10.2 Å². The summed E-state index contributed by atoms with van der Waals surface area (Å²) in [6.07, 6.45) is 1.06. The highest BCUT2D eigenvalue weighted by molar-refractivity contribution is 5.75. The van der Waals surface area contributed by atoms with Crippen molar-refractivity contribution in [3.05, 3.63) is 35.9 Å². The standard InChI is InChI=1S/C15H22N2O/c1-15(2,3)16-14(18)17-10-9-13(11-17)12-7-5-4-6-8-12/h4-8,13H,9-11H2,1-3H3,(H,16,18)/t13-/m1/s1. The number of hydrogen-bond acceptors (Lipinski definition) is 1. The molecule has 3 heteroatoms. The van der Waals surface area contributed by atoms with E-state index in [-0.39, 0.29) is 11.6 Å². The zero-order valence-corrected chi connectivity index (χ0v) is 11.4. The van der Waals surface area contributed by atoms with Crippen LogP contribution in [-0.2, 0) is 0 Å². The van der Waals surface area contributed by atoms with Crippen LogP contribution in [0.4, 0.5) is 4.79 Å². The van der Waals surface area contributed by atoms with Gasteiger partial charge in [0.1, 0.15) is 0 Å². The van der Waals surface area contributed by atoms with Crippen molar-refractivity contribution in [3.63, 3.8) is 0 Å². The lowest BCUT2D eigenvalue weighted by Crippen LogP contribution is -2.47. The van der Waals surface area contributed by atoms with Crippen LogP contribution in [0.1, 0.15) is 38.7 Å². The van der Waals surface area contributed by atoms with Gasteiger partial charge in [-0.2, -0.15) is 0 Å². The average molecular weight is 246 g/mol. The van der Waals surface area contributed by atoms with Crippen molar-refractivity contribution < 1.29 is 4.79 Å². The summed E-state index contributed by atoms with van der Waals surface area (Å²) in [4.78, 5) is 14.0. The highest BCUT2D eigenvalue weighted by atomic mass is 16.2. The molecule has 2 rings (SSSR count). The van der Waals surface area contributed by atoms with E-state index < -0.39 is 0 Å². The first-order chi connectivity index (χ1) is 8.46. The van der Waals surface area contributed by atoms with Gasteiger partial charge < -0.3 is 10.2 Å². The van der Waals surface area contributed by atoms with Crippen LogP contribution in [0.3, 0.4) is 0 Å². The second-order valence-electron chi connectivity index (χ2n) is 6.02. The maximum atomic E-state index is 12.1. The van der Waals surface area contributed by atoms with Gasteiger partial charge >= 0.3 is 6.03 Å². The van der Waals surface area contributed by atoms with E-state index >= 15 is 0 Å². The minimum atomic E-state index is -0.165. The number of rotatable bonds is 1. The van der Waals surface area contributed by atoms with Gasteiger partial charge in [-0.1, -0.05) is 30.3 Å². The van der Waals surface area contributed by atoms with Crippen molar-refractivity contribution in [3.8, 4) is 0 Å². The number of hydrogen-bond donors (Lipinski definition) is 1. The number of nitrogens with zero attached hydrogens (tertiary/aromatic N) is 1. The van der Waals surface area contributed by atoms with E-state index in [4.69, 9.17) is 0 Å². The predicted octanol–water partition coefficient (Wildman–Crippen LogP) is 2.98. The molecule has 2 amide bonds. The summed E-state index contributed by atoms with van der Waals surface area (Å²) in [5.74, 6) is 0.483. The lowest BCUT2D eigenvalue weighted by atomic mass is 9.99. The van der Waals surface area contributed by atoms with Crippen LogP contribution in [0, 0.1) is 0 Å². The fourth-order valence-electron chi connectivity index (χ4n) is 2.34. The zero-order valence-electron chi connectivity index (χ0n) is 11.4. The Bertz CT molecular complexity index is 408. The molecule has 0 bridgehead atoms. The van der Waals surface area contributed by atoms with E-state index in [9.17, 15) is 4.79 Å². The van der Waals surface area contributed by atoms with Crippen LogP contribution >= 0.6 is 0 Å². The summed E-state index contributed by atoms with van der Waals surface area (Å²) in [7, 11) is 0. The lowest BCUT2D eigenvalue weighted by Gasteiger charge is -2.25. The second-order valence-corrected chi connectivity index (χ2v) is 6.02. The van der Waals surface area contributed by atoms with E-state index in [0.717, 1.165) is 19.5 Å². The molecular weight excluding hydrogens is 224 g/mol. The van der Waals surface area contributed by atoms with Gasteiger partial charge in [0.25, 0.3) is 0 Å². The Morgan fingerprint density at radius 1 is 1.28 bits per heavy atom. The summed E-state index contributed by atoms with van der Waals surface area (Å²) < 4.78 is 0.